The molecular formula is C27H30N4O5S. The zero-order chi connectivity index (χ0) is 26.3. The van der Waals surface area contributed by atoms with E-state index in [1.54, 1.807) is 49.3 Å². The number of ether oxygens (including phenoxy) is 1. The first-order valence-electron chi connectivity index (χ1n) is 12.4. The van der Waals surface area contributed by atoms with Gasteiger partial charge in [-0.1, -0.05) is 6.07 Å². The number of amides is 2. The number of likely N-dealkylation sites (tertiary alicyclic amines) is 1. The molecule has 37 heavy (non-hydrogen) atoms. The molecule has 0 bridgehead atoms. The van der Waals surface area contributed by atoms with E-state index < -0.39 is 21.0 Å². The third-order valence-electron chi connectivity index (χ3n) is 7.19. The van der Waals surface area contributed by atoms with E-state index in [1.165, 1.54) is 6.20 Å². The van der Waals surface area contributed by atoms with Crippen LogP contribution in [-0.2, 0) is 14.6 Å². The number of fused-ring (bicyclic) bond motifs is 1. The van der Waals surface area contributed by atoms with Crippen LogP contribution < -0.4 is 15.8 Å². The summed E-state index contributed by atoms with van der Waals surface area (Å²) < 4.78 is 32.7. The van der Waals surface area contributed by atoms with E-state index in [1.807, 2.05) is 6.07 Å². The zero-order valence-electron chi connectivity index (χ0n) is 20.9. The first kappa shape index (κ1) is 25.0. The number of nitrogens with two attached hydrogens (primary N) is 1. The van der Waals surface area contributed by atoms with E-state index in [9.17, 15) is 18.0 Å². The van der Waals surface area contributed by atoms with Gasteiger partial charge in [-0.15, -0.1) is 0 Å². The third kappa shape index (κ3) is 4.85. The lowest BCUT2D eigenvalue weighted by Crippen LogP contribution is -2.43. The Kier molecular flexibility index (Phi) is 6.53. The summed E-state index contributed by atoms with van der Waals surface area (Å²) in [6.07, 6.45) is 4.06. The molecule has 0 unspecified atom stereocenters. The predicted octanol–water partition coefficient (Wildman–Crippen LogP) is 3.57. The maximum Gasteiger partial charge on any atom is 0.252 e. The molecular weight excluding hydrogens is 492 g/mol. The highest BCUT2D eigenvalue weighted by Crippen LogP contribution is 2.36. The van der Waals surface area contributed by atoms with Crippen LogP contribution in [0.1, 0.15) is 41.6 Å². The lowest BCUT2D eigenvalue weighted by atomic mass is 10.1. The number of carbonyl (C=O) groups excluding carboxylic acids is 2. The van der Waals surface area contributed by atoms with Crippen molar-refractivity contribution >= 4 is 43.9 Å². The van der Waals surface area contributed by atoms with Crippen LogP contribution >= 0.6 is 0 Å². The Morgan fingerprint density at radius 1 is 1.11 bits per heavy atom. The summed E-state index contributed by atoms with van der Waals surface area (Å²) >= 11 is 0. The monoisotopic (exact) mass is 522 g/mol. The highest BCUT2D eigenvalue weighted by atomic mass is 32.2. The smallest absolute Gasteiger partial charge is 0.252 e. The Labute approximate surface area is 215 Å². The minimum Gasteiger partial charge on any atom is -0.497 e. The number of rotatable bonds is 7. The lowest BCUT2D eigenvalue weighted by Gasteiger charge is -2.32. The predicted molar refractivity (Wildman–Crippen MR) is 141 cm³/mol. The van der Waals surface area contributed by atoms with Crippen molar-refractivity contribution < 1.29 is 22.7 Å². The molecule has 2 heterocycles. The highest BCUT2D eigenvalue weighted by Gasteiger charge is 2.38. The van der Waals surface area contributed by atoms with Crippen molar-refractivity contribution in [3.05, 3.63) is 53.7 Å². The van der Waals surface area contributed by atoms with Crippen LogP contribution in [0.15, 0.2) is 47.5 Å². The van der Waals surface area contributed by atoms with E-state index in [0.29, 0.717) is 59.5 Å². The fourth-order valence-corrected chi connectivity index (χ4v) is 6.78. The number of piperidine rings is 1. The average Bonchev–Trinajstić information content (AvgIpc) is 3.74. The van der Waals surface area contributed by atoms with Crippen molar-refractivity contribution in [1.82, 2.24) is 9.88 Å². The molecule has 10 heteroatoms. The first-order valence-corrected chi connectivity index (χ1v) is 13.9. The van der Waals surface area contributed by atoms with Gasteiger partial charge >= 0.3 is 0 Å². The van der Waals surface area contributed by atoms with Gasteiger partial charge in [-0.25, -0.2) is 8.42 Å². The number of pyridine rings is 1. The number of carbonyl (C=O) groups is 2. The molecule has 9 nitrogen and oxygen atoms in total. The number of hydrogen-bond donors (Lipinski definition) is 2. The van der Waals surface area contributed by atoms with E-state index in [2.05, 4.69) is 10.3 Å². The summed E-state index contributed by atoms with van der Waals surface area (Å²) in [6, 6.07) is 10.4. The summed E-state index contributed by atoms with van der Waals surface area (Å²) in [5.41, 5.74) is 8.08. The Hall–Kier alpha value is -3.66. The van der Waals surface area contributed by atoms with Crippen molar-refractivity contribution in [3.8, 4) is 5.75 Å². The topological polar surface area (TPSA) is 132 Å². The van der Waals surface area contributed by atoms with Crippen LogP contribution in [0, 0.1) is 12.8 Å². The van der Waals surface area contributed by atoms with E-state index in [4.69, 9.17) is 10.5 Å². The summed E-state index contributed by atoms with van der Waals surface area (Å²) in [6.45, 7) is 2.69. The summed E-state index contributed by atoms with van der Waals surface area (Å²) in [5.74, 6) is 0.211. The van der Waals surface area contributed by atoms with Gasteiger partial charge in [0.25, 0.3) is 5.91 Å². The molecule has 0 spiro atoms. The molecule has 5 rings (SSSR count). The van der Waals surface area contributed by atoms with E-state index in [0.717, 1.165) is 12.8 Å². The van der Waals surface area contributed by atoms with Gasteiger partial charge in [0.1, 0.15) is 5.75 Å². The molecule has 2 fully saturated rings. The Morgan fingerprint density at radius 3 is 2.49 bits per heavy atom. The number of primary amides is 1. The number of hydrogen-bond acceptors (Lipinski definition) is 7. The molecule has 0 atom stereocenters. The van der Waals surface area contributed by atoms with E-state index >= 15 is 0 Å². The van der Waals surface area contributed by atoms with Gasteiger partial charge < -0.3 is 20.7 Å². The standard InChI is InChI=1S/C27H30N4O5S/c1-16-12-21(37(34,35)20-8-10-31(11-9-20)27(33)17-6-7-17)14-22-24(16)29-15-23(26(28)32)25(22)30-18-4-3-5-19(13-18)36-2/h3-5,12-15,17,20H,6-11H2,1-2H3,(H2,28,32)(H,29,30). The van der Waals surface area contributed by atoms with Gasteiger partial charge in [0.2, 0.25) is 5.91 Å². The maximum absolute atomic E-state index is 13.7. The fourth-order valence-electron chi connectivity index (χ4n) is 4.95. The molecule has 2 aliphatic rings. The van der Waals surface area contributed by atoms with Gasteiger partial charge in [0.15, 0.2) is 9.84 Å². The van der Waals surface area contributed by atoms with Crippen molar-refractivity contribution in [2.24, 2.45) is 11.7 Å². The molecule has 1 saturated heterocycles. The number of sulfone groups is 1. The Balaban J connectivity index is 1.53. The number of aromatic nitrogens is 1. The van der Waals surface area contributed by atoms with Crippen molar-refractivity contribution in [2.45, 2.75) is 42.8 Å². The van der Waals surface area contributed by atoms with Crippen LogP contribution in [0.3, 0.4) is 0 Å². The number of nitrogens with zero attached hydrogens (tertiary/aromatic N) is 2. The number of aryl methyl sites for hydroxylation is 1. The minimum absolute atomic E-state index is 0.124. The normalized spacial score (nSPS) is 16.5. The summed E-state index contributed by atoms with van der Waals surface area (Å²) in [5, 5.41) is 3.13. The second kappa shape index (κ2) is 9.66. The molecule has 2 aromatic carbocycles. The first-order chi connectivity index (χ1) is 17.7. The quantitative estimate of drug-likeness (QED) is 0.485. The van der Waals surface area contributed by atoms with Gasteiger partial charge in [-0.05, 0) is 62.4 Å². The summed E-state index contributed by atoms with van der Waals surface area (Å²) in [7, 11) is -2.13. The van der Waals surface area contributed by atoms with Gasteiger partial charge in [0.05, 0.1) is 34.0 Å². The van der Waals surface area contributed by atoms with Crippen LogP contribution in [0.2, 0.25) is 0 Å². The molecule has 2 amide bonds. The fraction of sp³-hybridized carbons (Fsp3) is 0.370. The lowest BCUT2D eigenvalue weighted by molar-refractivity contribution is -0.133. The largest absolute Gasteiger partial charge is 0.497 e. The number of methoxy groups -OCH3 is 1. The highest BCUT2D eigenvalue weighted by molar-refractivity contribution is 7.92. The number of nitrogens with one attached hydrogen (secondary N) is 1. The number of benzene rings is 2. The van der Waals surface area contributed by atoms with Crippen molar-refractivity contribution in [3.63, 3.8) is 0 Å². The molecule has 1 aliphatic heterocycles. The van der Waals surface area contributed by atoms with Gasteiger partial charge in [-0.2, -0.15) is 0 Å². The van der Waals surface area contributed by atoms with Crippen molar-refractivity contribution in [1.29, 1.82) is 0 Å². The van der Waals surface area contributed by atoms with Crippen LogP contribution in [-0.4, -0.2) is 55.6 Å². The van der Waals surface area contributed by atoms with E-state index in [-0.39, 0.29) is 22.3 Å². The second-order valence-corrected chi connectivity index (χ2v) is 12.0. The van der Waals surface area contributed by atoms with Gasteiger partial charge in [-0.3, -0.25) is 14.6 Å². The molecule has 1 aromatic heterocycles. The van der Waals surface area contributed by atoms with Crippen LogP contribution in [0.25, 0.3) is 10.9 Å². The Morgan fingerprint density at radius 2 is 1.84 bits per heavy atom. The minimum atomic E-state index is -3.69. The average molecular weight is 523 g/mol. The Bertz CT molecular complexity index is 1490. The number of anilines is 2. The molecule has 3 N–H and O–H groups in total. The SMILES string of the molecule is COc1cccc(Nc2c(C(N)=O)cnc3c(C)cc(S(=O)(=O)C4CCN(C(=O)C5CC5)CC4)cc23)c1. The maximum atomic E-state index is 13.7. The third-order valence-corrected chi connectivity index (χ3v) is 9.43. The van der Waals surface area contributed by atoms with Crippen molar-refractivity contribution in [2.75, 3.05) is 25.5 Å². The molecule has 1 aliphatic carbocycles. The van der Waals surface area contributed by atoms with Crippen LogP contribution in [0.5, 0.6) is 5.75 Å². The molecule has 3 aromatic rings. The summed E-state index contributed by atoms with van der Waals surface area (Å²) in [4.78, 5) is 31.1. The van der Waals surface area contributed by atoms with Crippen LogP contribution in [0.4, 0.5) is 11.4 Å². The zero-order valence-corrected chi connectivity index (χ0v) is 21.7. The van der Waals surface area contributed by atoms with Gasteiger partial charge in [0, 0.05) is 42.3 Å². The molecule has 0 radical (unpaired) electrons. The second-order valence-electron chi connectivity index (χ2n) is 9.75. The molecule has 1 saturated carbocycles. The molecule has 194 valence electrons.